The summed E-state index contributed by atoms with van der Waals surface area (Å²) in [4.78, 5) is 0. The van der Waals surface area contributed by atoms with Gasteiger partial charge in [-0.15, -0.1) is 6.58 Å². The van der Waals surface area contributed by atoms with Gasteiger partial charge in [-0.1, -0.05) is 86.4 Å². The highest BCUT2D eigenvalue weighted by Gasteiger charge is 2.21. The Morgan fingerprint density at radius 2 is 1.33 bits per heavy atom. The molecule has 110 valence electrons. The van der Waals surface area contributed by atoms with E-state index in [9.17, 15) is 0 Å². The summed E-state index contributed by atoms with van der Waals surface area (Å²) in [5, 5.41) is 2.91. The van der Waals surface area contributed by atoms with Gasteiger partial charge in [0, 0.05) is 0 Å². The van der Waals surface area contributed by atoms with Gasteiger partial charge in [0.2, 0.25) is 0 Å². The highest BCUT2D eigenvalue weighted by molar-refractivity contribution is 6.93. The number of benzene rings is 2. The van der Waals surface area contributed by atoms with Crippen molar-refractivity contribution < 1.29 is 0 Å². The third-order valence-corrected chi connectivity index (χ3v) is 10.5. The molecule has 0 aliphatic heterocycles. The molecule has 0 spiro atoms. The zero-order chi connectivity index (χ0) is 15.3. The predicted molar refractivity (Wildman–Crippen MR) is 98.2 cm³/mol. The van der Waals surface area contributed by atoms with Crippen LogP contribution in [0.1, 0.15) is 0 Å². The molecule has 0 bridgehead atoms. The van der Waals surface area contributed by atoms with Crippen LogP contribution in [0.5, 0.6) is 0 Å². The molecule has 0 aromatic heterocycles. The van der Waals surface area contributed by atoms with E-state index in [1.165, 1.54) is 10.4 Å². The maximum atomic E-state index is 3.98. The summed E-state index contributed by atoms with van der Waals surface area (Å²) in [6.07, 6.45) is 2.05. The lowest BCUT2D eigenvalue weighted by atomic mass is 10.4. The van der Waals surface area contributed by atoms with Crippen molar-refractivity contribution in [2.75, 3.05) is 6.54 Å². The minimum atomic E-state index is -1.43. The fourth-order valence-electron chi connectivity index (χ4n) is 2.50. The molecule has 1 nitrogen and oxygen atoms in total. The van der Waals surface area contributed by atoms with Crippen molar-refractivity contribution in [3.63, 3.8) is 0 Å². The minimum Gasteiger partial charge on any atom is -0.470 e. The summed E-state index contributed by atoms with van der Waals surface area (Å²) in [6, 6.07) is 21.9. The van der Waals surface area contributed by atoms with Crippen LogP contribution in [0.25, 0.3) is 0 Å². The van der Waals surface area contributed by atoms with Crippen molar-refractivity contribution in [2.45, 2.75) is 19.6 Å². The summed E-state index contributed by atoms with van der Waals surface area (Å²) in [5.41, 5.74) is 0. The van der Waals surface area contributed by atoms with Crippen LogP contribution in [-0.4, -0.2) is 28.0 Å². The average molecular weight is 311 g/mol. The Hall–Kier alpha value is -1.43. The molecule has 0 N–H and O–H groups in total. The van der Waals surface area contributed by atoms with E-state index in [0.29, 0.717) is 0 Å². The second kappa shape index (κ2) is 7.03. The van der Waals surface area contributed by atoms with Gasteiger partial charge < -0.3 is 4.23 Å². The Balaban J connectivity index is 2.52. The second-order valence-corrected chi connectivity index (χ2v) is 13.9. The molecule has 0 aliphatic carbocycles. The van der Waals surface area contributed by atoms with Crippen molar-refractivity contribution in [3.05, 3.63) is 73.3 Å². The monoisotopic (exact) mass is 310 g/mol. The standard InChI is InChI=1S/C18H24NSi2/c1-5-16-19(21(2,3)4)20(17-12-8-6-9-13-17)18-14-10-7-11-15-18/h5-15H,1,16H2,2-4H3/q-1. The highest BCUT2D eigenvalue weighted by atomic mass is 28.4. The SMILES string of the molecule is C=CCN([Si-](c1ccccc1)c1ccccc1)[Si](C)(C)C. The molecule has 0 aliphatic rings. The lowest BCUT2D eigenvalue weighted by Gasteiger charge is -2.52. The molecule has 0 unspecified atom stereocenters. The molecule has 0 saturated carbocycles. The maximum Gasteiger partial charge on any atom is 0.0861 e. The molecule has 0 heterocycles. The zero-order valence-electron chi connectivity index (χ0n) is 13.2. The van der Waals surface area contributed by atoms with Crippen molar-refractivity contribution in [2.24, 2.45) is 0 Å². The van der Waals surface area contributed by atoms with Crippen LogP contribution in [-0.2, 0) is 0 Å². The third-order valence-electron chi connectivity index (χ3n) is 3.49. The van der Waals surface area contributed by atoms with Crippen molar-refractivity contribution in [1.82, 2.24) is 4.23 Å². The van der Waals surface area contributed by atoms with Crippen LogP contribution in [0.3, 0.4) is 0 Å². The molecule has 0 radical (unpaired) electrons. The van der Waals surface area contributed by atoms with Crippen LogP contribution < -0.4 is 10.4 Å². The van der Waals surface area contributed by atoms with Gasteiger partial charge in [0.15, 0.2) is 0 Å². The fourth-order valence-corrected chi connectivity index (χ4v) is 8.92. The number of nitrogens with zero attached hydrogens (tertiary/aromatic N) is 1. The highest BCUT2D eigenvalue weighted by Crippen LogP contribution is 2.12. The van der Waals surface area contributed by atoms with Crippen LogP contribution in [0.2, 0.25) is 19.6 Å². The molecule has 2 aromatic rings. The predicted octanol–water partition coefficient (Wildman–Crippen LogP) is 3.12. The van der Waals surface area contributed by atoms with E-state index >= 15 is 0 Å². The van der Waals surface area contributed by atoms with E-state index in [4.69, 9.17) is 0 Å². The Kier molecular flexibility index (Phi) is 5.34. The van der Waals surface area contributed by atoms with Gasteiger partial charge in [-0.2, -0.15) is 19.3 Å². The fraction of sp³-hybridized carbons (Fsp3) is 0.222. The van der Waals surface area contributed by atoms with Crippen LogP contribution >= 0.6 is 0 Å². The Morgan fingerprint density at radius 1 is 0.905 bits per heavy atom. The van der Waals surface area contributed by atoms with Gasteiger partial charge in [-0.3, -0.25) is 0 Å². The number of hydrogen-bond donors (Lipinski definition) is 0. The summed E-state index contributed by atoms with van der Waals surface area (Å²) < 4.78 is 2.73. The van der Waals surface area contributed by atoms with E-state index in [1.807, 2.05) is 0 Å². The third kappa shape index (κ3) is 4.03. The summed E-state index contributed by atoms with van der Waals surface area (Å²) in [5.74, 6) is 0. The maximum absolute atomic E-state index is 3.98. The first-order chi connectivity index (χ1) is 10.0. The summed E-state index contributed by atoms with van der Waals surface area (Å²) in [6.45, 7) is 12.2. The van der Waals surface area contributed by atoms with E-state index in [2.05, 4.69) is 97.2 Å². The van der Waals surface area contributed by atoms with E-state index in [0.717, 1.165) is 6.54 Å². The summed E-state index contributed by atoms with van der Waals surface area (Å²) in [7, 11) is -2.36. The van der Waals surface area contributed by atoms with Crippen molar-refractivity contribution in [1.29, 1.82) is 0 Å². The number of rotatable bonds is 6. The number of hydrogen-bond acceptors (Lipinski definition) is 1. The molecule has 0 atom stereocenters. The molecule has 3 heteroatoms. The molecule has 0 fully saturated rings. The second-order valence-electron chi connectivity index (χ2n) is 6.15. The molecule has 0 saturated heterocycles. The van der Waals surface area contributed by atoms with E-state index in [-0.39, 0.29) is 0 Å². The van der Waals surface area contributed by atoms with Gasteiger partial charge >= 0.3 is 0 Å². The Bertz CT molecular complexity index is 521. The largest absolute Gasteiger partial charge is 0.470 e. The average Bonchev–Trinajstić information content (AvgIpc) is 2.48. The first-order valence-electron chi connectivity index (χ1n) is 7.40. The van der Waals surface area contributed by atoms with Gasteiger partial charge in [0.05, 0.1) is 8.24 Å². The van der Waals surface area contributed by atoms with Crippen LogP contribution in [0.15, 0.2) is 73.3 Å². The van der Waals surface area contributed by atoms with E-state index in [1.54, 1.807) is 0 Å². The quantitative estimate of drug-likeness (QED) is 0.585. The Morgan fingerprint density at radius 3 is 1.67 bits per heavy atom. The van der Waals surface area contributed by atoms with Gasteiger partial charge in [-0.25, -0.2) is 0 Å². The topological polar surface area (TPSA) is 3.24 Å². The first kappa shape index (κ1) is 16.0. The molecular formula is C18H24NSi2-. The molecule has 0 amide bonds. The van der Waals surface area contributed by atoms with E-state index < -0.39 is 17.2 Å². The molecule has 2 rings (SSSR count). The Labute approximate surface area is 131 Å². The van der Waals surface area contributed by atoms with Gasteiger partial charge in [0.25, 0.3) is 0 Å². The molecule has 2 aromatic carbocycles. The van der Waals surface area contributed by atoms with Crippen LogP contribution in [0.4, 0.5) is 0 Å². The molecular weight excluding hydrogens is 286 g/mol. The lowest BCUT2D eigenvalue weighted by molar-refractivity contribution is 0.719. The van der Waals surface area contributed by atoms with Gasteiger partial charge in [0.1, 0.15) is 0 Å². The minimum absolute atomic E-state index is 0.934. The normalized spacial score (nSPS) is 11.4. The van der Waals surface area contributed by atoms with Crippen LogP contribution in [0, 0.1) is 0 Å². The smallest absolute Gasteiger partial charge is 0.0861 e. The summed E-state index contributed by atoms with van der Waals surface area (Å²) >= 11 is 0. The lowest BCUT2D eigenvalue weighted by Crippen LogP contribution is -2.64. The van der Waals surface area contributed by atoms with Crippen molar-refractivity contribution in [3.8, 4) is 0 Å². The van der Waals surface area contributed by atoms with Crippen molar-refractivity contribution >= 4 is 27.6 Å². The molecule has 21 heavy (non-hydrogen) atoms. The van der Waals surface area contributed by atoms with Gasteiger partial charge in [-0.05, 0) is 6.54 Å². The zero-order valence-corrected chi connectivity index (χ0v) is 15.2. The first-order valence-corrected chi connectivity index (χ1v) is 12.3.